The summed E-state index contributed by atoms with van der Waals surface area (Å²) < 4.78 is 5.81. The molecule has 0 aromatic heterocycles. The van der Waals surface area contributed by atoms with Gasteiger partial charge < -0.3 is 9.64 Å². The van der Waals surface area contributed by atoms with Gasteiger partial charge in [0.05, 0.1) is 6.61 Å². The Morgan fingerprint density at radius 3 is 3.07 bits per heavy atom. The lowest BCUT2D eigenvalue weighted by atomic mass is 9.76. The number of para-hydroxylation sites is 1. The Bertz CT molecular complexity index is 373. The summed E-state index contributed by atoms with van der Waals surface area (Å²) in [4.78, 5) is 2.43. The maximum atomic E-state index is 5.81. The average molecular weight is 203 g/mol. The van der Waals surface area contributed by atoms with Crippen molar-refractivity contribution in [1.82, 2.24) is 4.90 Å². The van der Waals surface area contributed by atoms with E-state index in [1.54, 1.807) is 0 Å². The number of ether oxygens (including phenoxy) is 1. The molecular weight excluding hydrogens is 186 g/mol. The molecule has 1 unspecified atom stereocenters. The topological polar surface area (TPSA) is 12.5 Å². The molecule has 0 N–H and O–H groups in total. The van der Waals surface area contributed by atoms with Crippen LogP contribution < -0.4 is 4.74 Å². The van der Waals surface area contributed by atoms with Gasteiger partial charge in [-0.1, -0.05) is 18.2 Å². The van der Waals surface area contributed by atoms with E-state index in [4.69, 9.17) is 4.74 Å². The molecule has 2 aliphatic rings. The highest BCUT2D eigenvalue weighted by Gasteiger charge is 2.42. The van der Waals surface area contributed by atoms with Gasteiger partial charge in [0.2, 0.25) is 0 Å². The van der Waals surface area contributed by atoms with Gasteiger partial charge >= 0.3 is 0 Å². The van der Waals surface area contributed by atoms with E-state index in [2.05, 4.69) is 36.2 Å². The van der Waals surface area contributed by atoms with Crippen molar-refractivity contribution in [3.05, 3.63) is 29.8 Å². The van der Waals surface area contributed by atoms with E-state index in [1.165, 1.54) is 24.9 Å². The summed E-state index contributed by atoms with van der Waals surface area (Å²) in [6.07, 6.45) is 2.56. The molecule has 0 saturated carbocycles. The van der Waals surface area contributed by atoms with Crippen molar-refractivity contribution < 1.29 is 4.74 Å². The molecule has 0 bridgehead atoms. The standard InChI is InChI=1S/C13H17NO/c1-14-8-4-7-13(9-14)10-15-12-6-3-2-5-11(12)13/h2-3,5-6H,4,7-10H2,1H3. The molecule has 3 rings (SSSR count). The third-order valence-electron chi connectivity index (χ3n) is 3.73. The van der Waals surface area contributed by atoms with Crippen LogP contribution in [0.25, 0.3) is 0 Å². The second-order valence-electron chi connectivity index (χ2n) is 4.91. The number of piperidine rings is 1. The van der Waals surface area contributed by atoms with E-state index < -0.39 is 0 Å². The lowest BCUT2D eigenvalue weighted by Gasteiger charge is -2.37. The third kappa shape index (κ3) is 1.36. The summed E-state index contributed by atoms with van der Waals surface area (Å²) >= 11 is 0. The lowest BCUT2D eigenvalue weighted by molar-refractivity contribution is 0.144. The van der Waals surface area contributed by atoms with Crippen LogP contribution >= 0.6 is 0 Å². The van der Waals surface area contributed by atoms with E-state index in [0.29, 0.717) is 0 Å². The summed E-state index contributed by atoms with van der Waals surface area (Å²) in [6, 6.07) is 8.52. The van der Waals surface area contributed by atoms with Crippen LogP contribution in [0.3, 0.4) is 0 Å². The molecule has 1 fully saturated rings. The Morgan fingerprint density at radius 2 is 2.20 bits per heavy atom. The fraction of sp³-hybridized carbons (Fsp3) is 0.538. The maximum absolute atomic E-state index is 5.81. The van der Waals surface area contributed by atoms with Gasteiger partial charge in [0.25, 0.3) is 0 Å². The first-order valence-corrected chi connectivity index (χ1v) is 5.71. The van der Waals surface area contributed by atoms with Crippen molar-refractivity contribution in [3.8, 4) is 5.75 Å². The first kappa shape index (κ1) is 9.22. The largest absolute Gasteiger partial charge is 0.492 e. The highest BCUT2D eigenvalue weighted by molar-refractivity contribution is 5.44. The van der Waals surface area contributed by atoms with Gasteiger partial charge in [-0.05, 0) is 32.5 Å². The van der Waals surface area contributed by atoms with Crippen molar-refractivity contribution >= 4 is 0 Å². The molecule has 0 radical (unpaired) electrons. The van der Waals surface area contributed by atoms with Crippen molar-refractivity contribution in [2.45, 2.75) is 18.3 Å². The molecule has 2 heterocycles. The zero-order chi connectivity index (χ0) is 10.3. The second kappa shape index (κ2) is 3.24. The van der Waals surface area contributed by atoms with Gasteiger partial charge in [-0.3, -0.25) is 0 Å². The first-order chi connectivity index (χ1) is 7.30. The third-order valence-corrected chi connectivity index (χ3v) is 3.73. The van der Waals surface area contributed by atoms with Crippen LogP contribution in [0.1, 0.15) is 18.4 Å². The second-order valence-corrected chi connectivity index (χ2v) is 4.91. The fourth-order valence-electron chi connectivity index (χ4n) is 3.02. The maximum Gasteiger partial charge on any atom is 0.123 e. The van der Waals surface area contributed by atoms with E-state index >= 15 is 0 Å². The van der Waals surface area contributed by atoms with Crippen molar-refractivity contribution in [1.29, 1.82) is 0 Å². The summed E-state index contributed by atoms with van der Waals surface area (Å²) in [7, 11) is 2.21. The van der Waals surface area contributed by atoms with Crippen LogP contribution in [-0.4, -0.2) is 31.6 Å². The molecule has 1 atom stereocenters. The molecule has 1 spiro atoms. The lowest BCUT2D eigenvalue weighted by Crippen LogP contribution is -2.45. The SMILES string of the molecule is CN1CCCC2(COc3ccccc32)C1. The molecule has 1 saturated heterocycles. The molecule has 80 valence electrons. The molecule has 2 nitrogen and oxygen atoms in total. The average Bonchev–Trinajstić information content (AvgIpc) is 2.59. The normalized spacial score (nSPS) is 30.2. The van der Waals surface area contributed by atoms with Gasteiger partial charge in [-0.25, -0.2) is 0 Å². The summed E-state index contributed by atoms with van der Waals surface area (Å²) in [5.41, 5.74) is 1.71. The van der Waals surface area contributed by atoms with Gasteiger partial charge in [0.15, 0.2) is 0 Å². The van der Waals surface area contributed by atoms with Crippen molar-refractivity contribution in [3.63, 3.8) is 0 Å². The van der Waals surface area contributed by atoms with Crippen molar-refractivity contribution in [2.24, 2.45) is 0 Å². The zero-order valence-corrected chi connectivity index (χ0v) is 9.20. The number of likely N-dealkylation sites (tertiary alicyclic amines) is 1. The van der Waals surface area contributed by atoms with E-state index in [0.717, 1.165) is 18.9 Å². The molecule has 2 aliphatic heterocycles. The predicted octanol–water partition coefficient (Wildman–Crippen LogP) is 2.04. The number of hydrogen-bond donors (Lipinski definition) is 0. The number of hydrogen-bond acceptors (Lipinski definition) is 2. The molecule has 15 heavy (non-hydrogen) atoms. The van der Waals surface area contributed by atoms with Crippen LogP contribution in [0.5, 0.6) is 5.75 Å². The molecule has 1 aromatic carbocycles. The quantitative estimate of drug-likeness (QED) is 0.640. The number of benzene rings is 1. The Labute approximate surface area is 90.8 Å². The highest BCUT2D eigenvalue weighted by atomic mass is 16.5. The fourth-order valence-corrected chi connectivity index (χ4v) is 3.02. The minimum Gasteiger partial charge on any atom is -0.492 e. The minimum atomic E-state index is 0.281. The smallest absolute Gasteiger partial charge is 0.123 e. The Hall–Kier alpha value is -1.02. The van der Waals surface area contributed by atoms with Gasteiger partial charge in [-0.15, -0.1) is 0 Å². The summed E-state index contributed by atoms with van der Waals surface area (Å²) in [5.74, 6) is 1.10. The Kier molecular flexibility index (Phi) is 1.99. The van der Waals surface area contributed by atoms with Crippen LogP contribution in [0, 0.1) is 0 Å². The first-order valence-electron chi connectivity index (χ1n) is 5.71. The minimum absolute atomic E-state index is 0.281. The van der Waals surface area contributed by atoms with E-state index in [-0.39, 0.29) is 5.41 Å². The predicted molar refractivity (Wildman–Crippen MR) is 60.3 cm³/mol. The monoisotopic (exact) mass is 203 g/mol. The molecule has 0 aliphatic carbocycles. The Balaban J connectivity index is 2.00. The van der Waals surface area contributed by atoms with Gasteiger partial charge in [0.1, 0.15) is 5.75 Å². The highest BCUT2D eigenvalue weighted by Crippen LogP contribution is 2.43. The number of rotatable bonds is 0. The van der Waals surface area contributed by atoms with Crippen LogP contribution in [0.4, 0.5) is 0 Å². The molecular formula is C13H17NO. The van der Waals surface area contributed by atoms with Gasteiger partial charge in [0, 0.05) is 17.5 Å². The van der Waals surface area contributed by atoms with Crippen LogP contribution in [-0.2, 0) is 5.41 Å². The number of likely N-dealkylation sites (N-methyl/N-ethyl adjacent to an activating group) is 1. The summed E-state index contributed by atoms with van der Waals surface area (Å²) in [6.45, 7) is 3.24. The molecule has 0 amide bonds. The van der Waals surface area contributed by atoms with Crippen LogP contribution in [0.15, 0.2) is 24.3 Å². The van der Waals surface area contributed by atoms with E-state index in [9.17, 15) is 0 Å². The summed E-state index contributed by atoms with van der Waals surface area (Å²) in [5, 5.41) is 0. The van der Waals surface area contributed by atoms with Gasteiger partial charge in [-0.2, -0.15) is 0 Å². The van der Waals surface area contributed by atoms with E-state index in [1.807, 2.05) is 0 Å². The number of fused-ring (bicyclic) bond motifs is 2. The molecule has 2 heteroatoms. The number of nitrogens with zero attached hydrogens (tertiary/aromatic N) is 1. The zero-order valence-electron chi connectivity index (χ0n) is 9.20. The Morgan fingerprint density at radius 1 is 1.33 bits per heavy atom. The molecule has 1 aromatic rings. The van der Waals surface area contributed by atoms with Crippen molar-refractivity contribution in [2.75, 3.05) is 26.7 Å². The van der Waals surface area contributed by atoms with Crippen LogP contribution in [0.2, 0.25) is 0 Å².